The van der Waals surface area contributed by atoms with Crippen molar-refractivity contribution < 1.29 is 8.78 Å². The molecule has 17 heavy (non-hydrogen) atoms. The summed E-state index contributed by atoms with van der Waals surface area (Å²) in [4.78, 5) is 6.71. The first-order valence-corrected chi connectivity index (χ1v) is 5.12. The van der Waals surface area contributed by atoms with Crippen molar-refractivity contribution in [1.29, 1.82) is 0 Å². The van der Waals surface area contributed by atoms with Gasteiger partial charge >= 0.3 is 0 Å². The van der Waals surface area contributed by atoms with Gasteiger partial charge in [0.25, 0.3) is 0 Å². The molecule has 0 unspecified atom stereocenters. The predicted molar refractivity (Wildman–Crippen MR) is 61.4 cm³/mol. The number of fused-ring (bicyclic) bond motifs is 1. The quantitative estimate of drug-likeness (QED) is 0.680. The van der Waals surface area contributed by atoms with Crippen molar-refractivity contribution in [3.63, 3.8) is 0 Å². The highest BCUT2D eigenvalue weighted by Crippen LogP contribution is 2.25. The molecule has 0 radical (unpaired) electrons. The Morgan fingerprint density at radius 2 is 1.88 bits per heavy atom. The molecule has 1 aromatic heterocycles. The number of rotatable bonds is 1. The molecular weight excluding hydrogens is 222 g/mol. The molecule has 0 amide bonds. The summed E-state index contributed by atoms with van der Waals surface area (Å²) < 4.78 is 26.8. The Bertz CT molecular complexity index is 689. The van der Waals surface area contributed by atoms with E-state index in [-0.39, 0.29) is 5.82 Å². The summed E-state index contributed by atoms with van der Waals surface area (Å²) in [5.41, 5.74) is 2.16. The Morgan fingerprint density at radius 3 is 2.71 bits per heavy atom. The number of nitrogens with one attached hydrogen (secondary N) is 1. The first-order valence-electron chi connectivity index (χ1n) is 5.12. The van der Waals surface area contributed by atoms with Gasteiger partial charge in [-0.05, 0) is 35.4 Å². The number of aromatic nitrogens is 2. The summed E-state index contributed by atoms with van der Waals surface area (Å²) in [6, 6.07) is 9.17. The van der Waals surface area contributed by atoms with Crippen LogP contribution in [0, 0.1) is 11.6 Å². The number of aromatic amines is 1. The van der Waals surface area contributed by atoms with Crippen LogP contribution in [0.2, 0.25) is 0 Å². The van der Waals surface area contributed by atoms with E-state index in [1.165, 1.54) is 24.5 Å². The van der Waals surface area contributed by atoms with E-state index in [0.717, 1.165) is 0 Å². The van der Waals surface area contributed by atoms with Gasteiger partial charge in [-0.15, -0.1) is 0 Å². The van der Waals surface area contributed by atoms with E-state index in [9.17, 15) is 8.78 Å². The average Bonchev–Trinajstić information content (AvgIpc) is 2.77. The van der Waals surface area contributed by atoms with Crippen LogP contribution in [0.5, 0.6) is 0 Å². The average molecular weight is 230 g/mol. The summed E-state index contributed by atoms with van der Waals surface area (Å²) in [6.07, 6.45) is 1.43. The van der Waals surface area contributed by atoms with Gasteiger partial charge in [-0.3, -0.25) is 0 Å². The lowest BCUT2D eigenvalue weighted by atomic mass is 10.0. The molecule has 0 fully saturated rings. The van der Waals surface area contributed by atoms with Gasteiger partial charge in [-0.1, -0.05) is 12.1 Å². The van der Waals surface area contributed by atoms with Crippen molar-refractivity contribution in [3.05, 3.63) is 54.4 Å². The summed E-state index contributed by atoms with van der Waals surface area (Å²) in [6.45, 7) is 0. The van der Waals surface area contributed by atoms with Crippen molar-refractivity contribution in [3.8, 4) is 11.1 Å². The second-order valence-corrected chi connectivity index (χ2v) is 3.77. The van der Waals surface area contributed by atoms with Crippen molar-refractivity contribution >= 4 is 11.0 Å². The third kappa shape index (κ3) is 1.67. The fourth-order valence-electron chi connectivity index (χ4n) is 1.84. The fraction of sp³-hybridized carbons (Fsp3) is 0. The normalized spacial score (nSPS) is 10.9. The van der Waals surface area contributed by atoms with Gasteiger partial charge in [-0.25, -0.2) is 13.8 Å². The van der Waals surface area contributed by atoms with E-state index in [2.05, 4.69) is 9.97 Å². The lowest BCUT2D eigenvalue weighted by Crippen LogP contribution is -1.84. The maximum atomic E-state index is 13.7. The number of halogens is 2. The summed E-state index contributed by atoms with van der Waals surface area (Å²) in [5, 5.41) is 0. The van der Waals surface area contributed by atoms with Crippen LogP contribution in [0.4, 0.5) is 8.78 Å². The third-order valence-corrected chi connectivity index (χ3v) is 2.64. The Labute approximate surface area is 95.9 Å². The third-order valence-electron chi connectivity index (χ3n) is 2.64. The molecule has 4 heteroatoms. The number of hydrogen-bond acceptors (Lipinski definition) is 1. The SMILES string of the molecule is Fc1cccc(-c2cc(F)c3nc[nH]c3c2)c1. The van der Waals surface area contributed by atoms with Gasteiger partial charge in [0.1, 0.15) is 11.3 Å². The van der Waals surface area contributed by atoms with E-state index >= 15 is 0 Å². The van der Waals surface area contributed by atoms with Gasteiger partial charge in [0.15, 0.2) is 5.82 Å². The molecule has 0 spiro atoms. The first-order chi connectivity index (χ1) is 8.24. The Hall–Kier alpha value is -2.23. The van der Waals surface area contributed by atoms with Gasteiger partial charge in [0.2, 0.25) is 0 Å². The minimum Gasteiger partial charge on any atom is -0.344 e. The van der Waals surface area contributed by atoms with Crippen molar-refractivity contribution in [2.24, 2.45) is 0 Å². The highest BCUT2D eigenvalue weighted by atomic mass is 19.1. The minimum atomic E-state index is -0.414. The molecular formula is C13H8F2N2. The number of H-pyrrole nitrogens is 1. The Morgan fingerprint density at radius 1 is 1.00 bits per heavy atom. The molecule has 2 aromatic carbocycles. The predicted octanol–water partition coefficient (Wildman–Crippen LogP) is 3.51. The molecule has 2 nitrogen and oxygen atoms in total. The zero-order chi connectivity index (χ0) is 11.8. The van der Waals surface area contributed by atoms with Crippen molar-refractivity contribution in [2.45, 2.75) is 0 Å². The van der Waals surface area contributed by atoms with E-state index in [1.54, 1.807) is 18.2 Å². The molecule has 0 bridgehead atoms. The number of imidazole rings is 1. The zero-order valence-corrected chi connectivity index (χ0v) is 8.74. The van der Waals surface area contributed by atoms with Crippen LogP contribution in [0.1, 0.15) is 0 Å². The fourth-order valence-corrected chi connectivity index (χ4v) is 1.84. The molecule has 0 saturated heterocycles. The van der Waals surface area contributed by atoms with Crippen LogP contribution >= 0.6 is 0 Å². The standard InChI is InChI=1S/C13H8F2N2/c14-10-3-1-2-8(4-10)9-5-11(15)13-12(6-9)16-7-17-13/h1-7H,(H,16,17). The van der Waals surface area contributed by atoms with E-state index in [1.807, 2.05) is 0 Å². The highest BCUT2D eigenvalue weighted by molar-refractivity contribution is 5.82. The maximum absolute atomic E-state index is 13.7. The second-order valence-electron chi connectivity index (χ2n) is 3.77. The number of nitrogens with zero attached hydrogens (tertiary/aromatic N) is 1. The molecule has 0 atom stereocenters. The topological polar surface area (TPSA) is 28.7 Å². The Balaban J connectivity index is 2.23. The van der Waals surface area contributed by atoms with Crippen LogP contribution in [0.3, 0.4) is 0 Å². The highest BCUT2D eigenvalue weighted by Gasteiger charge is 2.07. The first kappa shape index (κ1) is 9.96. The van der Waals surface area contributed by atoms with Crippen LogP contribution in [0.25, 0.3) is 22.2 Å². The van der Waals surface area contributed by atoms with Crippen LogP contribution < -0.4 is 0 Å². The van der Waals surface area contributed by atoms with Gasteiger partial charge in [-0.2, -0.15) is 0 Å². The van der Waals surface area contributed by atoms with E-state index in [0.29, 0.717) is 22.2 Å². The molecule has 0 aliphatic carbocycles. The van der Waals surface area contributed by atoms with E-state index < -0.39 is 5.82 Å². The molecule has 84 valence electrons. The molecule has 3 rings (SSSR count). The zero-order valence-electron chi connectivity index (χ0n) is 8.74. The molecule has 0 saturated carbocycles. The van der Waals surface area contributed by atoms with Crippen LogP contribution in [-0.2, 0) is 0 Å². The van der Waals surface area contributed by atoms with Crippen molar-refractivity contribution in [1.82, 2.24) is 9.97 Å². The number of benzene rings is 2. The lowest BCUT2D eigenvalue weighted by molar-refractivity contribution is 0.628. The van der Waals surface area contributed by atoms with Gasteiger partial charge < -0.3 is 4.98 Å². The Kier molecular flexibility index (Phi) is 2.14. The smallest absolute Gasteiger partial charge is 0.151 e. The molecule has 1 heterocycles. The molecule has 1 N–H and O–H groups in total. The number of hydrogen-bond donors (Lipinski definition) is 1. The van der Waals surface area contributed by atoms with Crippen molar-refractivity contribution in [2.75, 3.05) is 0 Å². The molecule has 0 aliphatic rings. The minimum absolute atomic E-state index is 0.296. The largest absolute Gasteiger partial charge is 0.344 e. The maximum Gasteiger partial charge on any atom is 0.151 e. The summed E-state index contributed by atoms with van der Waals surface area (Å²) in [5.74, 6) is -0.754. The summed E-state index contributed by atoms with van der Waals surface area (Å²) in [7, 11) is 0. The lowest BCUT2D eigenvalue weighted by Gasteiger charge is -2.02. The monoisotopic (exact) mass is 230 g/mol. The molecule has 3 aromatic rings. The van der Waals surface area contributed by atoms with Gasteiger partial charge in [0, 0.05) is 0 Å². The van der Waals surface area contributed by atoms with E-state index in [4.69, 9.17) is 0 Å². The van der Waals surface area contributed by atoms with Crippen LogP contribution in [-0.4, -0.2) is 9.97 Å². The van der Waals surface area contributed by atoms with Gasteiger partial charge in [0.05, 0.1) is 11.8 Å². The summed E-state index contributed by atoms with van der Waals surface area (Å²) >= 11 is 0. The van der Waals surface area contributed by atoms with Crippen LogP contribution in [0.15, 0.2) is 42.7 Å². The molecule has 0 aliphatic heterocycles. The second kappa shape index (κ2) is 3.66.